The van der Waals surface area contributed by atoms with Crippen molar-refractivity contribution in [1.82, 2.24) is 10.2 Å². The van der Waals surface area contributed by atoms with Crippen LogP contribution in [0.5, 0.6) is 0 Å². The van der Waals surface area contributed by atoms with Crippen LogP contribution in [0.2, 0.25) is 0 Å². The zero-order valence-electron chi connectivity index (χ0n) is 10.1. The van der Waals surface area contributed by atoms with Crippen molar-refractivity contribution in [3.8, 4) is 0 Å². The smallest absolute Gasteiger partial charge is 0.0604 e. The van der Waals surface area contributed by atoms with Crippen LogP contribution in [-0.4, -0.2) is 17.5 Å². The van der Waals surface area contributed by atoms with Gasteiger partial charge in [0, 0.05) is 30.6 Å². The van der Waals surface area contributed by atoms with E-state index in [1.165, 1.54) is 11.3 Å². The second-order valence-electron chi connectivity index (χ2n) is 4.66. The van der Waals surface area contributed by atoms with Gasteiger partial charge in [0.1, 0.15) is 0 Å². The van der Waals surface area contributed by atoms with Crippen LogP contribution in [-0.2, 0) is 0 Å². The SMILES string of the molecule is CCNC1=CC2C3CC=CC=C3C=CN2C=C1. The molecule has 0 radical (unpaired) electrons. The quantitative estimate of drug-likeness (QED) is 0.779. The summed E-state index contributed by atoms with van der Waals surface area (Å²) in [7, 11) is 0. The van der Waals surface area contributed by atoms with Gasteiger partial charge in [-0.2, -0.15) is 0 Å². The van der Waals surface area contributed by atoms with Gasteiger partial charge in [0.25, 0.3) is 0 Å². The zero-order valence-corrected chi connectivity index (χ0v) is 10.1. The van der Waals surface area contributed by atoms with E-state index >= 15 is 0 Å². The Morgan fingerprint density at radius 2 is 2.24 bits per heavy atom. The molecule has 1 N–H and O–H groups in total. The van der Waals surface area contributed by atoms with Gasteiger partial charge < -0.3 is 10.2 Å². The van der Waals surface area contributed by atoms with Crippen LogP contribution in [0.3, 0.4) is 0 Å². The maximum atomic E-state index is 3.40. The van der Waals surface area contributed by atoms with E-state index in [2.05, 4.69) is 66.0 Å². The molecule has 0 spiro atoms. The summed E-state index contributed by atoms with van der Waals surface area (Å²) in [5.41, 5.74) is 2.70. The van der Waals surface area contributed by atoms with Crippen molar-refractivity contribution >= 4 is 0 Å². The molecular weight excluding hydrogens is 208 g/mol. The number of nitrogens with one attached hydrogen (secondary N) is 1. The molecule has 2 heterocycles. The molecule has 3 rings (SSSR count). The predicted molar refractivity (Wildman–Crippen MR) is 71.0 cm³/mol. The normalized spacial score (nSPS) is 29.4. The topological polar surface area (TPSA) is 15.3 Å². The number of fused-ring (bicyclic) bond motifs is 3. The van der Waals surface area contributed by atoms with Gasteiger partial charge in [-0.05, 0) is 37.1 Å². The molecule has 1 aliphatic carbocycles. The Morgan fingerprint density at radius 1 is 1.35 bits per heavy atom. The van der Waals surface area contributed by atoms with Crippen molar-refractivity contribution in [2.24, 2.45) is 5.92 Å². The number of hydrogen-bond donors (Lipinski definition) is 1. The number of nitrogens with zero attached hydrogens (tertiary/aromatic N) is 1. The lowest BCUT2D eigenvalue weighted by Crippen LogP contribution is -2.39. The summed E-state index contributed by atoms with van der Waals surface area (Å²) in [6.07, 6.45) is 18.9. The van der Waals surface area contributed by atoms with Gasteiger partial charge >= 0.3 is 0 Å². The fraction of sp³-hybridized carbons (Fsp3) is 0.333. The van der Waals surface area contributed by atoms with E-state index in [0.717, 1.165) is 13.0 Å². The van der Waals surface area contributed by atoms with Crippen molar-refractivity contribution in [3.63, 3.8) is 0 Å². The second-order valence-corrected chi connectivity index (χ2v) is 4.66. The molecule has 3 aliphatic rings. The minimum atomic E-state index is 0.468. The van der Waals surface area contributed by atoms with E-state index in [1.807, 2.05) is 0 Å². The molecule has 2 nitrogen and oxygen atoms in total. The molecule has 17 heavy (non-hydrogen) atoms. The van der Waals surface area contributed by atoms with Gasteiger partial charge in [-0.1, -0.05) is 18.2 Å². The van der Waals surface area contributed by atoms with Crippen LogP contribution in [0.25, 0.3) is 0 Å². The average Bonchev–Trinajstić information content (AvgIpc) is 2.39. The highest BCUT2D eigenvalue weighted by Crippen LogP contribution is 2.34. The predicted octanol–water partition coefficient (Wildman–Crippen LogP) is 2.71. The lowest BCUT2D eigenvalue weighted by molar-refractivity contribution is 0.319. The largest absolute Gasteiger partial charge is 0.385 e. The van der Waals surface area contributed by atoms with E-state index < -0.39 is 0 Å². The Labute approximate surface area is 103 Å². The Kier molecular flexibility index (Phi) is 2.63. The maximum absolute atomic E-state index is 3.40. The number of likely N-dealkylation sites (N-methyl/N-ethyl adjacent to an activating group) is 1. The van der Waals surface area contributed by atoms with Crippen molar-refractivity contribution in [3.05, 3.63) is 60.1 Å². The third-order valence-corrected chi connectivity index (χ3v) is 3.60. The molecule has 0 amide bonds. The van der Waals surface area contributed by atoms with Crippen LogP contribution < -0.4 is 5.32 Å². The second kappa shape index (κ2) is 4.28. The van der Waals surface area contributed by atoms with Gasteiger partial charge in [0.15, 0.2) is 0 Å². The van der Waals surface area contributed by atoms with E-state index in [-0.39, 0.29) is 0 Å². The first-order chi connectivity index (χ1) is 8.38. The first-order valence-corrected chi connectivity index (χ1v) is 6.35. The van der Waals surface area contributed by atoms with Crippen molar-refractivity contribution in [1.29, 1.82) is 0 Å². The van der Waals surface area contributed by atoms with Gasteiger partial charge in [0.2, 0.25) is 0 Å². The summed E-state index contributed by atoms with van der Waals surface area (Å²) in [4.78, 5) is 2.31. The summed E-state index contributed by atoms with van der Waals surface area (Å²) in [5.74, 6) is 0.601. The molecule has 88 valence electrons. The highest BCUT2D eigenvalue weighted by molar-refractivity contribution is 5.39. The first-order valence-electron chi connectivity index (χ1n) is 6.35. The molecule has 0 bridgehead atoms. The fourth-order valence-electron chi connectivity index (χ4n) is 2.74. The lowest BCUT2D eigenvalue weighted by atomic mass is 9.81. The molecule has 0 saturated carbocycles. The average molecular weight is 226 g/mol. The lowest BCUT2D eigenvalue weighted by Gasteiger charge is -2.39. The van der Waals surface area contributed by atoms with E-state index in [1.54, 1.807) is 0 Å². The van der Waals surface area contributed by atoms with Crippen LogP contribution in [0.1, 0.15) is 13.3 Å². The number of rotatable bonds is 2. The Hall–Kier alpha value is -1.70. The standard InChI is InChI=1S/C15H18N2/c1-2-16-13-8-10-17-9-7-12-5-3-4-6-14(12)15(17)11-13/h3-5,7-11,14-16H,2,6H2,1H3. The van der Waals surface area contributed by atoms with Crippen molar-refractivity contribution < 1.29 is 0 Å². The van der Waals surface area contributed by atoms with Crippen LogP contribution in [0, 0.1) is 5.92 Å². The third kappa shape index (κ3) is 1.84. The third-order valence-electron chi connectivity index (χ3n) is 3.60. The molecule has 0 saturated heterocycles. The van der Waals surface area contributed by atoms with Gasteiger partial charge in [-0.3, -0.25) is 0 Å². The highest BCUT2D eigenvalue weighted by atomic mass is 15.1. The van der Waals surface area contributed by atoms with Gasteiger partial charge in [-0.15, -0.1) is 0 Å². The molecular formula is C15H18N2. The molecule has 2 heteroatoms. The highest BCUT2D eigenvalue weighted by Gasteiger charge is 2.30. The Balaban J connectivity index is 1.90. The Morgan fingerprint density at radius 3 is 3.12 bits per heavy atom. The summed E-state index contributed by atoms with van der Waals surface area (Å²) < 4.78 is 0. The fourth-order valence-corrected chi connectivity index (χ4v) is 2.74. The molecule has 0 aromatic heterocycles. The van der Waals surface area contributed by atoms with Crippen LogP contribution in [0.4, 0.5) is 0 Å². The summed E-state index contributed by atoms with van der Waals surface area (Å²) in [5, 5.41) is 3.40. The van der Waals surface area contributed by atoms with Crippen LogP contribution >= 0.6 is 0 Å². The molecule has 0 fully saturated rings. The minimum absolute atomic E-state index is 0.468. The molecule has 0 aromatic carbocycles. The summed E-state index contributed by atoms with van der Waals surface area (Å²) >= 11 is 0. The molecule has 2 unspecified atom stereocenters. The van der Waals surface area contributed by atoms with Crippen LogP contribution in [0.15, 0.2) is 60.1 Å². The molecule has 2 atom stereocenters. The molecule has 0 aromatic rings. The summed E-state index contributed by atoms with van der Waals surface area (Å²) in [6, 6.07) is 0.468. The maximum Gasteiger partial charge on any atom is 0.0604 e. The monoisotopic (exact) mass is 226 g/mol. The van der Waals surface area contributed by atoms with Crippen molar-refractivity contribution in [2.45, 2.75) is 19.4 Å². The minimum Gasteiger partial charge on any atom is -0.385 e. The van der Waals surface area contributed by atoms with E-state index in [0.29, 0.717) is 12.0 Å². The number of allylic oxidation sites excluding steroid dienone is 5. The van der Waals surface area contributed by atoms with E-state index in [4.69, 9.17) is 0 Å². The van der Waals surface area contributed by atoms with Gasteiger partial charge in [-0.25, -0.2) is 0 Å². The Bertz CT molecular complexity index is 452. The zero-order chi connectivity index (χ0) is 11.7. The molecule has 2 aliphatic heterocycles. The summed E-state index contributed by atoms with van der Waals surface area (Å²) in [6.45, 7) is 3.11. The first kappa shape index (κ1) is 10.5. The van der Waals surface area contributed by atoms with E-state index in [9.17, 15) is 0 Å². The number of hydrogen-bond acceptors (Lipinski definition) is 2. The van der Waals surface area contributed by atoms with Gasteiger partial charge in [0.05, 0.1) is 6.04 Å². The van der Waals surface area contributed by atoms with Crippen molar-refractivity contribution in [2.75, 3.05) is 6.54 Å².